The van der Waals surface area contributed by atoms with Crippen LogP contribution in [0.5, 0.6) is 5.75 Å². The molecule has 1 heterocycles. The molecule has 0 atom stereocenters. The highest BCUT2D eigenvalue weighted by Gasteiger charge is 2.35. The molecule has 0 unspecified atom stereocenters. The number of carbonyl (C=O) groups is 1. The number of ether oxygens (including phenoxy) is 1. The van der Waals surface area contributed by atoms with Gasteiger partial charge in [0.05, 0.1) is 19.3 Å². The Hall–Kier alpha value is -2.19. The third kappa shape index (κ3) is 4.22. The van der Waals surface area contributed by atoms with Crippen molar-refractivity contribution in [3.8, 4) is 5.75 Å². The summed E-state index contributed by atoms with van der Waals surface area (Å²) in [6, 6.07) is 8.77. The smallest absolute Gasteiger partial charge is 0.417 e. The summed E-state index contributed by atoms with van der Waals surface area (Å²) in [6.07, 6.45) is -3.58. The van der Waals surface area contributed by atoms with Gasteiger partial charge in [0.25, 0.3) is 0 Å². The number of rotatable bonds is 5. The quantitative estimate of drug-likeness (QED) is 0.808. The van der Waals surface area contributed by atoms with E-state index in [1.54, 1.807) is 18.2 Å². The third-order valence-electron chi connectivity index (χ3n) is 4.32. The van der Waals surface area contributed by atoms with Gasteiger partial charge in [-0.05, 0) is 42.3 Å². The third-order valence-corrected chi connectivity index (χ3v) is 5.49. The van der Waals surface area contributed by atoms with E-state index in [0.29, 0.717) is 35.6 Å². The fraction of sp³-hybridized carbons (Fsp3) is 0.316. The van der Waals surface area contributed by atoms with Crippen LogP contribution < -0.4 is 9.64 Å². The minimum absolute atomic E-state index is 0.000786. The average Bonchev–Trinajstić information content (AvgIpc) is 3.07. The van der Waals surface area contributed by atoms with Gasteiger partial charge in [0.15, 0.2) is 0 Å². The van der Waals surface area contributed by atoms with E-state index in [1.807, 2.05) is 0 Å². The first kappa shape index (κ1) is 19.6. The number of methoxy groups -OCH3 is 1. The summed E-state index contributed by atoms with van der Waals surface area (Å²) >= 11 is 0.910. The van der Waals surface area contributed by atoms with Crippen molar-refractivity contribution in [2.75, 3.05) is 18.6 Å². The lowest BCUT2D eigenvalue weighted by Gasteiger charge is -2.20. The molecule has 1 aliphatic heterocycles. The molecule has 0 spiro atoms. The van der Waals surface area contributed by atoms with Crippen LogP contribution in [0.25, 0.3) is 0 Å². The Morgan fingerprint density at radius 2 is 1.96 bits per heavy atom. The molecule has 0 aliphatic carbocycles. The van der Waals surface area contributed by atoms with Crippen molar-refractivity contribution >= 4 is 23.4 Å². The summed E-state index contributed by atoms with van der Waals surface area (Å²) in [5.74, 6) is 0.321. The Morgan fingerprint density at radius 1 is 1.19 bits per heavy atom. The van der Waals surface area contributed by atoms with Gasteiger partial charge >= 0.3 is 6.18 Å². The number of halogens is 3. The van der Waals surface area contributed by atoms with Gasteiger partial charge in [-0.15, -0.1) is 0 Å². The van der Waals surface area contributed by atoms with Crippen molar-refractivity contribution in [1.29, 1.82) is 0 Å². The number of hydrogen-bond acceptors (Lipinski definition) is 4. The highest BCUT2D eigenvalue weighted by Crippen LogP contribution is 2.43. The maximum atomic E-state index is 13.7. The number of aliphatic hydroxyl groups is 1. The van der Waals surface area contributed by atoms with Crippen LogP contribution >= 0.6 is 11.8 Å². The van der Waals surface area contributed by atoms with Gasteiger partial charge in [-0.2, -0.15) is 13.2 Å². The van der Waals surface area contributed by atoms with Crippen LogP contribution in [0.15, 0.2) is 46.2 Å². The molecule has 4 nitrogen and oxygen atoms in total. The zero-order valence-corrected chi connectivity index (χ0v) is 15.4. The molecular weight excluding hydrogens is 379 g/mol. The molecule has 1 saturated heterocycles. The second-order valence-electron chi connectivity index (χ2n) is 6.06. The standard InChI is InChI=1S/C19H18F3NO3S/c1-26-14-6-4-12(11-24)17(10-14)27-16-7-5-13(9-15(16)19(20,21)22)23-8-2-3-18(23)25/h4-7,9-10,24H,2-3,8,11H2,1H3. The Labute approximate surface area is 158 Å². The minimum atomic E-state index is -4.57. The predicted octanol–water partition coefficient (Wildman–Crippen LogP) is 4.48. The lowest BCUT2D eigenvalue weighted by atomic mass is 10.2. The highest BCUT2D eigenvalue weighted by molar-refractivity contribution is 7.99. The molecule has 2 aromatic carbocycles. The van der Waals surface area contributed by atoms with E-state index in [9.17, 15) is 23.1 Å². The van der Waals surface area contributed by atoms with Crippen LogP contribution in [0.2, 0.25) is 0 Å². The van der Waals surface area contributed by atoms with Crippen LogP contribution in [0.4, 0.5) is 18.9 Å². The summed E-state index contributed by atoms with van der Waals surface area (Å²) in [4.78, 5) is 13.7. The molecular formula is C19H18F3NO3S. The zero-order valence-electron chi connectivity index (χ0n) is 14.5. The fourth-order valence-corrected chi connectivity index (χ4v) is 4.02. The van der Waals surface area contributed by atoms with E-state index in [1.165, 1.54) is 24.1 Å². The van der Waals surface area contributed by atoms with Gasteiger partial charge in [0.2, 0.25) is 5.91 Å². The van der Waals surface area contributed by atoms with Crippen molar-refractivity contribution in [2.45, 2.75) is 35.4 Å². The first-order valence-electron chi connectivity index (χ1n) is 8.30. The molecule has 27 heavy (non-hydrogen) atoms. The second kappa shape index (κ2) is 7.82. The van der Waals surface area contributed by atoms with E-state index in [-0.39, 0.29) is 23.1 Å². The molecule has 8 heteroatoms. The van der Waals surface area contributed by atoms with Crippen LogP contribution in [0, 0.1) is 0 Å². The van der Waals surface area contributed by atoms with Crippen LogP contribution in [0.1, 0.15) is 24.0 Å². The molecule has 1 fully saturated rings. The molecule has 0 saturated carbocycles. The second-order valence-corrected chi connectivity index (χ2v) is 7.14. The van der Waals surface area contributed by atoms with Crippen LogP contribution in [-0.4, -0.2) is 24.7 Å². The lowest BCUT2D eigenvalue weighted by Crippen LogP contribution is -2.24. The Kier molecular flexibility index (Phi) is 5.67. The molecule has 0 aromatic heterocycles. The number of hydrogen-bond donors (Lipinski definition) is 1. The Bertz CT molecular complexity index is 855. The number of benzene rings is 2. The van der Waals surface area contributed by atoms with Crippen molar-refractivity contribution in [1.82, 2.24) is 0 Å². The molecule has 2 aromatic rings. The number of carbonyl (C=O) groups excluding carboxylic acids is 1. The maximum Gasteiger partial charge on any atom is 0.417 e. The molecule has 3 rings (SSSR count). The van der Waals surface area contributed by atoms with E-state index < -0.39 is 11.7 Å². The van der Waals surface area contributed by atoms with Crippen molar-refractivity contribution in [3.63, 3.8) is 0 Å². The number of amides is 1. The van der Waals surface area contributed by atoms with Gasteiger partial charge in [0.1, 0.15) is 5.75 Å². The first-order valence-corrected chi connectivity index (χ1v) is 9.12. The van der Waals surface area contributed by atoms with E-state index >= 15 is 0 Å². The van der Waals surface area contributed by atoms with E-state index in [4.69, 9.17) is 4.74 Å². The largest absolute Gasteiger partial charge is 0.497 e. The monoisotopic (exact) mass is 397 g/mol. The normalized spacial score (nSPS) is 14.7. The van der Waals surface area contributed by atoms with Crippen molar-refractivity contribution in [2.24, 2.45) is 0 Å². The first-order chi connectivity index (χ1) is 12.8. The fourth-order valence-electron chi connectivity index (χ4n) is 2.92. The average molecular weight is 397 g/mol. The molecule has 1 aliphatic rings. The SMILES string of the molecule is COc1ccc(CO)c(Sc2ccc(N3CCCC3=O)cc2C(F)(F)F)c1. The maximum absolute atomic E-state index is 13.7. The highest BCUT2D eigenvalue weighted by atomic mass is 32.2. The summed E-state index contributed by atoms with van der Waals surface area (Å²) < 4.78 is 46.1. The Balaban J connectivity index is 2.01. The number of alkyl halides is 3. The zero-order chi connectivity index (χ0) is 19.6. The molecule has 0 radical (unpaired) electrons. The van der Waals surface area contributed by atoms with E-state index in [2.05, 4.69) is 0 Å². The molecule has 144 valence electrons. The van der Waals surface area contributed by atoms with Gasteiger partial charge in [0, 0.05) is 28.4 Å². The van der Waals surface area contributed by atoms with Crippen LogP contribution in [0.3, 0.4) is 0 Å². The van der Waals surface area contributed by atoms with Gasteiger partial charge in [-0.1, -0.05) is 17.8 Å². The number of nitrogens with zero attached hydrogens (tertiary/aromatic N) is 1. The van der Waals surface area contributed by atoms with Gasteiger partial charge in [-0.3, -0.25) is 4.79 Å². The summed E-state index contributed by atoms with van der Waals surface area (Å²) in [7, 11) is 1.46. The number of aliphatic hydroxyl groups excluding tert-OH is 1. The summed E-state index contributed by atoms with van der Waals surface area (Å²) in [5, 5.41) is 9.49. The lowest BCUT2D eigenvalue weighted by molar-refractivity contribution is -0.139. The topological polar surface area (TPSA) is 49.8 Å². The number of anilines is 1. The van der Waals surface area contributed by atoms with Crippen LogP contribution in [-0.2, 0) is 17.6 Å². The summed E-state index contributed by atoms with van der Waals surface area (Å²) in [6.45, 7) is 0.126. The predicted molar refractivity (Wildman–Crippen MR) is 96.1 cm³/mol. The minimum Gasteiger partial charge on any atom is -0.497 e. The summed E-state index contributed by atoms with van der Waals surface area (Å²) in [5.41, 5.74) is -0.0497. The Morgan fingerprint density at radius 3 is 2.56 bits per heavy atom. The molecule has 1 amide bonds. The van der Waals surface area contributed by atoms with E-state index in [0.717, 1.165) is 17.8 Å². The molecule has 1 N–H and O–H groups in total. The van der Waals surface area contributed by atoms with Crippen molar-refractivity contribution < 1.29 is 27.8 Å². The molecule has 0 bridgehead atoms. The van der Waals surface area contributed by atoms with Gasteiger partial charge < -0.3 is 14.7 Å². The van der Waals surface area contributed by atoms with Crippen molar-refractivity contribution in [3.05, 3.63) is 47.5 Å². The van der Waals surface area contributed by atoms with Gasteiger partial charge in [-0.25, -0.2) is 0 Å².